The van der Waals surface area contributed by atoms with E-state index in [1.165, 1.54) is 32.2 Å². The van der Waals surface area contributed by atoms with Crippen molar-refractivity contribution < 1.29 is 4.79 Å². The Labute approximate surface area is 110 Å². The summed E-state index contributed by atoms with van der Waals surface area (Å²) in [6.45, 7) is 1.18. The van der Waals surface area contributed by atoms with Crippen LogP contribution in [-0.4, -0.2) is 43.0 Å². The van der Waals surface area contributed by atoms with Crippen LogP contribution in [0, 0.1) is 5.92 Å². The predicted octanol–water partition coefficient (Wildman–Crippen LogP) is 1.10. The van der Waals surface area contributed by atoms with Crippen LogP contribution in [0.4, 0.5) is 0 Å². The molecule has 2 atom stereocenters. The third-order valence-corrected chi connectivity index (χ3v) is 5.07. The summed E-state index contributed by atoms with van der Waals surface area (Å²) in [5, 5.41) is 3.18. The van der Waals surface area contributed by atoms with Crippen LogP contribution in [0.5, 0.6) is 0 Å². The molecular formula is C14H27N3O. The first-order valence-electron chi connectivity index (χ1n) is 7.26. The summed E-state index contributed by atoms with van der Waals surface area (Å²) >= 11 is 0. The van der Waals surface area contributed by atoms with Gasteiger partial charge in [0.15, 0.2) is 0 Å². The number of hydrogen-bond donors (Lipinski definition) is 2. The van der Waals surface area contributed by atoms with Gasteiger partial charge in [-0.2, -0.15) is 0 Å². The minimum absolute atomic E-state index is 0.188. The van der Waals surface area contributed by atoms with Gasteiger partial charge in [0.2, 0.25) is 5.91 Å². The van der Waals surface area contributed by atoms with Gasteiger partial charge in [-0.1, -0.05) is 6.42 Å². The van der Waals surface area contributed by atoms with Gasteiger partial charge in [-0.3, -0.25) is 4.79 Å². The number of rotatable bonds is 5. The Balaban J connectivity index is 1.94. The van der Waals surface area contributed by atoms with Crippen molar-refractivity contribution >= 4 is 5.91 Å². The molecule has 0 bridgehead atoms. The van der Waals surface area contributed by atoms with E-state index in [1.807, 2.05) is 7.05 Å². The normalized spacial score (nSPS) is 33.4. The van der Waals surface area contributed by atoms with E-state index in [2.05, 4.69) is 17.3 Å². The smallest absolute Gasteiger partial charge is 0.237 e. The average molecular weight is 253 g/mol. The number of carbonyl (C=O) groups excluding carboxylic acids is 1. The summed E-state index contributed by atoms with van der Waals surface area (Å²) in [7, 11) is 4.06. The third kappa shape index (κ3) is 2.69. The molecule has 0 spiro atoms. The van der Waals surface area contributed by atoms with Crippen molar-refractivity contribution in [2.75, 3.05) is 20.6 Å². The molecule has 0 aliphatic heterocycles. The second-order valence-electron chi connectivity index (χ2n) is 6.18. The van der Waals surface area contributed by atoms with E-state index >= 15 is 0 Å². The topological polar surface area (TPSA) is 58.4 Å². The fraction of sp³-hybridized carbons (Fsp3) is 0.929. The van der Waals surface area contributed by atoms with Crippen molar-refractivity contribution in [3.8, 4) is 0 Å². The van der Waals surface area contributed by atoms with Crippen LogP contribution in [0.15, 0.2) is 0 Å². The summed E-state index contributed by atoms with van der Waals surface area (Å²) in [6.07, 6.45) is 8.18. The molecule has 0 aromatic heterocycles. The molecule has 104 valence electrons. The Morgan fingerprint density at radius 1 is 1.39 bits per heavy atom. The molecule has 2 aliphatic carbocycles. The molecule has 4 heteroatoms. The second kappa shape index (κ2) is 5.57. The van der Waals surface area contributed by atoms with Gasteiger partial charge in [0.25, 0.3) is 0 Å². The Morgan fingerprint density at radius 3 is 2.61 bits per heavy atom. The quantitative estimate of drug-likeness (QED) is 0.771. The fourth-order valence-electron chi connectivity index (χ4n) is 3.43. The highest BCUT2D eigenvalue weighted by Crippen LogP contribution is 2.33. The fourth-order valence-corrected chi connectivity index (χ4v) is 3.43. The molecule has 1 amide bonds. The maximum absolute atomic E-state index is 11.7. The minimum Gasteiger partial charge on any atom is -0.368 e. The van der Waals surface area contributed by atoms with Crippen LogP contribution in [0.2, 0.25) is 0 Å². The maximum Gasteiger partial charge on any atom is 0.237 e. The van der Waals surface area contributed by atoms with Gasteiger partial charge >= 0.3 is 0 Å². The van der Waals surface area contributed by atoms with E-state index in [4.69, 9.17) is 5.73 Å². The summed E-state index contributed by atoms with van der Waals surface area (Å²) in [5.41, 5.74) is 5.12. The van der Waals surface area contributed by atoms with Gasteiger partial charge < -0.3 is 16.0 Å². The lowest BCUT2D eigenvalue weighted by Crippen LogP contribution is -2.59. The van der Waals surface area contributed by atoms with Crippen LogP contribution in [0.25, 0.3) is 0 Å². The lowest BCUT2D eigenvalue weighted by Gasteiger charge is -2.43. The molecule has 18 heavy (non-hydrogen) atoms. The lowest BCUT2D eigenvalue weighted by molar-refractivity contribution is -0.126. The minimum atomic E-state index is -0.475. The lowest BCUT2D eigenvalue weighted by atomic mass is 9.77. The van der Waals surface area contributed by atoms with Crippen molar-refractivity contribution in [3.05, 3.63) is 0 Å². The first kappa shape index (κ1) is 13.8. The summed E-state index contributed by atoms with van der Waals surface area (Å²) in [5.74, 6) is 0.696. The molecule has 4 nitrogen and oxygen atoms in total. The third-order valence-electron chi connectivity index (χ3n) is 5.07. The standard InChI is InChI=1S/C14H27N3O/c1-16-14(13(15)18)8-4-7-12(9-14)17(2)10-11-5-3-6-11/h11-12,16H,3-10H2,1-2H3,(H2,15,18). The first-order chi connectivity index (χ1) is 8.57. The SMILES string of the molecule is CNC1(C(N)=O)CCCC(N(C)CC2CCC2)C1. The van der Waals surface area contributed by atoms with Gasteiger partial charge in [-0.25, -0.2) is 0 Å². The molecule has 2 unspecified atom stereocenters. The summed E-state index contributed by atoms with van der Waals surface area (Å²) in [6, 6.07) is 0.499. The molecule has 2 aliphatic rings. The van der Waals surface area contributed by atoms with E-state index in [-0.39, 0.29) is 5.91 Å². The van der Waals surface area contributed by atoms with Crippen LogP contribution in [0.3, 0.4) is 0 Å². The van der Waals surface area contributed by atoms with Gasteiger partial charge in [0.05, 0.1) is 5.54 Å². The summed E-state index contributed by atoms with van der Waals surface area (Å²) < 4.78 is 0. The van der Waals surface area contributed by atoms with Crippen molar-refractivity contribution in [3.63, 3.8) is 0 Å². The summed E-state index contributed by atoms with van der Waals surface area (Å²) in [4.78, 5) is 14.2. The van der Waals surface area contributed by atoms with Gasteiger partial charge in [-0.05, 0) is 58.5 Å². The molecule has 0 radical (unpaired) electrons. The van der Waals surface area contributed by atoms with Gasteiger partial charge in [-0.15, -0.1) is 0 Å². The molecule has 0 aromatic carbocycles. The predicted molar refractivity (Wildman–Crippen MR) is 73.2 cm³/mol. The van der Waals surface area contributed by atoms with E-state index in [0.717, 1.165) is 25.2 Å². The number of carbonyl (C=O) groups is 1. The Kier molecular flexibility index (Phi) is 4.28. The van der Waals surface area contributed by atoms with E-state index in [1.54, 1.807) is 0 Å². The van der Waals surface area contributed by atoms with Crippen molar-refractivity contribution in [2.24, 2.45) is 11.7 Å². The molecule has 2 saturated carbocycles. The van der Waals surface area contributed by atoms with E-state index < -0.39 is 5.54 Å². The van der Waals surface area contributed by atoms with Crippen LogP contribution in [0.1, 0.15) is 44.9 Å². The van der Waals surface area contributed by atoms with Crippen LogP contribution < -0.4 is 11.1 Å². The van der Waals surface area contributed by atoms with Gasteiger partial charge in [0.1, 0.15) is 0 Å². The van der Waals surface area contributed by atoms with Crippen LogP contribution >= 0.6 is 0 Å². The number of likely N-dealkylation sites (N-methyl/N-ethyl adjacent to an activating group) is 1. The Hall–Kier alpha value is -0.610. The monoisotopic (exact) mass is 253 g/mol. The zero-order valence-corrected chi connectivity index (χ0v) is 11.7. The first-order valence-corrected chi connectivity index (χ1v) is 7.26. The van der Waals surface area contributed by atoms with Gasteiger partial charge in [0, 0.05) is 12.6 Å². The van der Waals surface area contributed by atoms with Crippen molar-refractivity contribution in [2.45, 2.75) is 56.5 Å². The number of nitrogens with two attached hydrogens (primary N) is 1. The number of hydrogen-bond acceptors (Lipinski definition) is 3. The highest BCUT2D eigenvalue weighted by atomic mass is 16.1. The Bertz CT molecular complexity index is 303. The number of nitrogens with zero attached hydrogens (tertiary/aromatic N) is 1. The highest BCUT2D eigenvalue weighted by molar-refractivity contribution is 5.84. The molecule has 2 fully saturated rings. The van der Waals surface area contributed by atoms with E-state index in [9.17, 15) is 4.79 Å². The molecular weight excluding hydrogens is 226 g/mol. The number of amides is 1. The average Bonchev–Trinajstić information content (AvgIpc) is 2.33. The zero-order valence-electron chi connectivity index (χ0n) is 11.7. The highest BCUT2D eigenvalue weighted by Gasteiger charge is 2.41. The largest absolute Gasteiger partial charge is 0.368 e. The second-order valence-corrected chi connectivity index (χ2v) is 6.18. The van der Waals surface area contributed by atoms with Crippen molar-refractivity contribution in [1.29, 1.82) is 0 Å². The molecule has 2 rings (SSSR count). The molecule has 3 N–H and O–H groups in total. The Morgan fingerprint density at radius 2 is 2.11 bits per heavy atom. The molecule has 0 heterocycles. The zero-order chi connectivity index (χ0) is 13.2. The van der Waals surface area contributed by atoms with Crippen molar-refractivity contribution in [1.82, 2.24) is 10.2 Å². The number of nitrogens with one attached hydrogen (secondary N) is 1. The maximum atomic E-state index is 11.7. The molecule has 0 aromatic rings. The van der Waals surface area contributed by atoms with Crippen LogP contribution in [-0.2, 0) is 4.79 Å². The van der Waals surface area contributed by atoms with E-state index in [0.29, 0.717) is 6.04 Å². The molecule has 0 saturated heterocycles. The number of primary amides is 1.